The molecule has 0 aliphatic carbocycles. The molecule has 110 valence electrons. The number of carbonyl (C=O) groups excluding carboxylic acids is 1. The number of hydrogen-bond acceptors (Lipinski definition) is 3. The van der Waals surface area contributed by atoms with Gasteiger partial charge in [-0.3, -0.25) is 10.1 Å². The molecule has 20 heavy (non-hydrogen) atoms. The van der Waals surface area contributed by atoms with Gasteiger partial charge >= 0.3 is 0 Å². The van der Waals surface area contributed by atoms with Crippen LogP contribution in [-0.2, 0) is 17.8 Å². The molecule has 1 saturated heterocycles. The van der Waals surface area contributed by atoms with Crippen molar-refractivity contribution in [2.24, 2.45) is 5.41 Å². The van der Waals surface area contributed by atoms with Crippen LogP contribution in [0, 0.1) is 5.41 Å². The van der Waals surface area contributed by atoms with Gasteiger partial charge in [-0.1, -0.05) is 20.3 Å². The highest BCUT2D eigenvalue weighted by atomic mass is 16.2. The number of likely N-dealkylation sites (tertiary alicyclic amines) is 1. The zero-order valence-electron chi connectivity index (χ0n) is 12.4. The lowest BCUT2D eigenvalue weighted by Gasteiger charge is -2.40. The van der Waals surface area contributed by atoms with Crippen LogP contribution in [0.15, 0.2) is 6.33 Å². The maximum Gasteiger partial charge on any atom is 0.240 e. The Balaban J connectivity index is 1.61. The number of fused-ring (bicyclic) bond motifs is 1. The third-order valence-electron chi connectivity index (χ3n) is 5.16. The molecule has 3 rings (SSSR count). The minimum Gasteiger partial charge on any atom is -0.347 e. The summed E-state index contributed by atoms with van der Waals surface area (Å²) in [6, 6.07) is -0.100. The summed E-state index contributed by atoms with van der Waals surface area (Å²) >= 11 is 0. The normalized spacial score (nSPS) is 25.3. The molecule has 1 aromatic rings. The van der Waals surface area contributed by atoms with Crippen molar-refractivity contribution in [2.45, 2.75) is 52.1 Å². The maximum absolute atomic E-state index is 12.6. The van der Waals surface area contributed by atoms with Crippen LogP contribution in [-0.4, -0.2) is 39.9 Å². The Kier molecular flexibility index (Phi) is 3.54. The predicted octanol–water partition coefficient (Wildman–Crippen LogP) is 1.46. The van der Waals surface area contributed by atoms with Gasteiger partial charge in [0.05, 0.1) is 23.8 Å². The van der Waals surface area contributed by atoms with Gasteiger partial charge in [-0.15, -0.1) is 0 Å². The van der Waals surface area contributed by atoms with Gasteiger partial charge in [-0.25, -0.2) is 4.98 Å². The Labute approximate surface area is 120 Å². The number of amides is 1. The molecule has 1 amide bonds. The highest BCUT2D eigenvalue weighted by Crippen LogP contribution is 2.34. The Bertz CT molecular complexity index is 488. The lowest BCUT2D eigenvalue weighted by molar-refractivity contribution is -0.135. The van der Waals surface area contributed by atoms with Gasteiger partial charge in [0.25, 0.3) is 0 Å². The van der Waals surface area contributed by atoms with Gasteiger partial charge < -0.3 is 9.88 Å². The van der Waals surface area contributed by atoms with Gasteiger partial charge in [-0.05, 0) is 18.3 Å². The average Bonchev–Trinajstić information content (AvgIpc) is 2.94. The second-order valence-electron chi connectivity index (χ2n) is 6.45. The summed E-state index contributed by atoms with van der Waals surface area (Å²) in [6.45, 7) is 7.10. The van der Waals surface area contributed by atoms with E-state index in [-0.39, 0.29) is 11.9 Å². The number of piperidine rings is 1. The first-order chi connectivity index (χ1) is 9.61. The number of carbonyl (C=O) groups is 1. The van der Waals surface area contributed by atoms with Crippen molar-refractivity contribution in [1.82, 2.24) is 20.2 Å². The summed E-state index contributed by atoms with van der Waals surface area (Å²) < 4.78 is 0. The molecule has 3 heterocycles. The van der Waals surface area contributed by atoms with Crippen LogP contribution in [0.1, 0.15) is 44.5 Å². The second kappa shape index (κ2) is 5.20. The Hall–Kier alpha value is -1.36. The summed E-state index contributed by atoms with van der Waals surface area (Å²) in [7, 11) is 0. The Morgan fingerprint density at radius 2 is 2.25 bits per heavy atom. The van der Waals surface area contributed by atoms with Crippen LogP contribution in [0.4, 0.5) is 0 Å². The van der Waals surface area contributed by atoms with E-state index in [0.717, 1.165) is 37.3 Å². The fourth-order valence-electron chi connectivity index (χ4n) is 3.18. The second-order valence-corrected chi connectivity index (χ2v) is 6.45. The van der Waals surface area contributed by atoms with Crippen LogP contribution in [0.3, 0.4) is 0 Å². The number of nitrogens with one attached hydrogen (secondary N) is 2. The first-order valence-corrected chi connectivity index (χ1v) is 7.64. The van der Waals surface area contributed by atoms with Crippen LogP contribution in [0.25, 0.3) is 0 Å². The van der Waals surface area contributed by atoms with Gasteiger partial charge in [0.1, 0.15) is 0 Å². The SMILES string of the molecule is CCC1(C)CCN(C(=O)C2Cc3nc[nH]c3CN2)CC1. The number of hydrogen-bond donors (Lipinski definition) is 2. The minimum absolute atomic E-state index is 0.100. The smallest absolute Gasteiger partial charge is 0.240 e. The molecule has 1 unspecified atom stereocenters. The number of rotatable bonds is 2. The van der Waals surface area contributed by atoms with E-state index < -0.39 is 0 Å². The van der Waals surface area contributed by atoms with Gasteiger partial charge in [0.2, 0.25) is 5.91 Å². The average molecular weight is 276 g/mol. The first-order valence-electron chi connectivity index (χ1n) is 7.64. The number of H-pyrrole nitrogens is 1. The van der Waals surface area contributed by atoms with Crippen LogP contribution >= 0.6 is 0 Å². The van der Waals surface area contributed by atoms with Gasteiger partial charge in [0.15, 0.2) is 0 Å². The molecule has 5 heteroatoms. The molecule has 1 atom stereocenters. The molecule has 0 aromatic carbocycles. The van der Waals surface area contributed by atoms with Crippen molar-refractivity contribution in [3.05, 3.63) is 17.7 Å². The molecule has 2 aliphatic rings. The third-order valence-corrected chi connectivity index (χ3v) is 5.16. The fourth-order valence-corrected chi connectivity index (χ4v) is 3.18. The van der Waals surface area contributed by atoms with E-state index in [9.17, 15) is 4.79 Å². The molecule has 1 fully saturated rings. The standard InChI is InChI=1S/C15H24N4O/c1-3-15(2)4-6-19(7-5-15)14(20)12-8-11-13(9-16-12)18-10-17-11/h10,12,16H,3-9H2,1-2H3,(H,17,18). The first kappa shape index (κ1) is 13.6. The third kappa shape index (κ3) is 2.46. The van der Waals surface area contributed by atoms with Gasteiger partial charge in [0, 0.05) is 26.1 Å². The van der Waals surface area contributed by atoms with E-state index in [1.165, 1.54) is 6.42 Å². The van der Waals surface area contributed by atoms with Crippen LogP contribution < -0.4 is 5.32 Å². The molecule has 0 spiro atoms. The molecule has 2 N–H and O–H groups in total. The van der Waals surface area contributed by atoms with Crippen molar-refractivity contribution in [3.63, 3.8) is 0 Å². The summed E-state index contributed by atoms with van der Waals surface area (Å²) in [6.07, 6.45) is 5.87. The molecular formula is C15H24N4O. The lowest BCUT2D eigenvalue weighted by Crippen LogP contribution is -2.52. The number of nitrogens with zero attached hydrogens (tertiary/aromatic N) is 2. The number of imidazole rings is 1. The van der Waals surface area contributed by atoms with E-state index in [4.69, 9.17) is 0 Å². The highest BCUT2D eigenvalue weighted by molar-refractivity contribution is 5.82. The van der Waals surface area contributed by atoms with E-state index in [1.54, 1.807) is 6.33 Å². The Morgan fingerprint density at radius 3 is 2.95 bits per heavy atom. The Morgan fingerprint density at radius 1 is 1.50 bits per heavy atom. The van der Waals surface area contributed by atoms with Crippen LogP contribution in [0.5, 0.6) is 0 Å². The van der Waals surface area contributed by atoms with Crippen molar-refractivity contribution in [1.29, 1.82) is 0 Å². The minimum atomic E-state index is -0.100. The van der Waals surface area contributed by atoms with E-state index >= 15 is 0 Å². The van der Waals surface area contributed by atoms with Crippen molar-refractivity contribution in [3.8, 4) is 0 Å². The topological polar surface area (TPSA) is 61.0 Å². The van der Waals surface area contributed by atoms with E-state index in [0.29, 0.717) is 18.4 Å². The van der Waals surface area contributed by atoms with Crippen LogP contribution in [0.2, 0.25) is 0 Å². The van der Waals surface area contributed by atoms with Gasteiger partial charge in [-0.2, -0.15) is 0 Å². The largest absolute Gasteiger partial charge is 0.347 e. The fraction of sp³-hybridized carbons (Fsp3) is 0.733. The molecule has 0 bridgehead atoms. The molecule has 1 aromatic heterocycles. The zero-order chi connectivity index (χ0) is 14.2. The summed E-state index contributed by atoms with van der Waals surface area (Å²) in [5, 5.41) is 3.33. The van der Waals surface area contributed by atoms with E-state index in [2.05, 4.69) is 29.1 Å². The molecule has 5 nitrogen and oxygen atoms in total. The zero-order valence-corrected chi connectivity index (χ0v) is 12.4. The molecule has 0 saturated carbocycles. The predicted molar refractivity (Wildman–Crippen MR) is 77.1 cm³/mol. The summed E-state index contributed by atoms with van der Waals surface area (Å²) in [5.74, 6) is 0.247. The summed E-state index contributed by atoms with van der Waals surface area (Å²) in [4.78, 5) is 22.1. The van der Waals surface area contributed by atoms with E-state index in [1.807, 2.05) is 4.90 Å². The van der Waals surface area contributed by atoms with Crippen molar-refractivity contribution >= 4 is 5.91 Å². The molecule has 0 radical (unpaired) electrons. The summed E-state index contributed by atoms with van der Waals surface area (Å²) in [5.41, 5.74) is 2.58. The van der Waals surface area contributed by atoms with Crippen molar-refractivity contribution < 1.29 is 4.79 Å². The highest BCUT2D eigenvalue weighted by Gasteiger charge is 2.34. The lowest BCUT2D eigenvalue weighted by atomic mass is 9.78. The quantitative estimate of drug-likeness (QED) is 0.860. The van der Waals surface area contributed by atoms with Crippen molar-refractivity contribution in [2.75, 3.05) is 13.1 Å². The molecular weight excluding hydrogens is 252 g/mol. The number of aromatic amines is 1. The molecule has 2 aliphatic heterocycles. The maximum atomic E-state index is 12.6. The number of aromatic nitrogens is 2. The monoisotopic (exact) mass is 276 g/mol.